The number of rotatable bonds is 4. The van der Waals surface area contributed by atoms with Crippen LogP contribution in [0.3, 0.4) is 0 Å². The summed E-state index contributed by atoms with van der Waals surface area (Å²) in [7, 11) is 2.02. The summed E-state index contributed by atoms with van der Waals surface area (Å²) in [6.45, 7) is 2.60. The molecule has 0 atom stereocenters. The lowest BCUT2D eigenvalue weighted by Crippen LogP contribution is -2.23. The van der Waals surface area contributed by atoms with Crippen LogP contribution in [0.5, 0.6) is 5.75 Å². The second kappa shape index (κ2) is 5.39. The molecule has 88 valence electrons. The van der Waals surface area contributed by atoms with Gasteiger partial charge >= 0.3 is 0 Å². The van der Waals surface area contributed by atoms with Crippen molar-refractivity contribution in [3.05, 3.63) is 60.2 Å². The summed E-state index contributed by atoms with van der Waals surface area (Å²) < 4.78 is 5.78. The van der Waals surface area contributed by atoms with Crippen molar-refractivity contribution in [2.75, 3.05) is 18.7 Å². The largest absolute Gasteiger partial charge is 0.473 e. The standard InChI is InChI=1S/C15H17NO/c1-13-8-6-7-11-15(13)17-12-16(2)14-9-4-3-5-10-14/h3-11H,12H2,1-2H3. The van der Waals surface area contributed by atoms with E-state index in [4.69, 9.17) is 4.74 Å². The molecule has 0 aromatic heterocycles. The van der Waals surface area contributed by atoms with Crippen LogP contribution in [-0.4, -0.2) is 13.8 Å². The predicted molar refractivity (Wildman–Crippen MR) is 71.5 cm³/mol. The number of anilines is 1. The Hall–Kier alpha value is -1.96. The Morgan fingerprint density at radius 2 is 1.59 bits per heavy atom. The van der Waals surface area contributed by atoms with Crippen molar-refractivity contribution in [3.63, 3.8) is 0 Å². The maximum atomic E-state index is 5.78. The minimum absolute atomic E-state index is 0.550. The van der Waals surface area contributed by atoms with E-state index < -0.39 is 0 Å². The number of aryl methyl sites for hydroxylation is 1. The highest BCUT2D eigenvalue weighted by Crippen LogP contribution is 2.17. The maximum Gasteiger partial charge on any atom is 0.161 e. The average molecular weight is 227 g/mol. The minimum atomic E-state index is 0.550. The van der Waals surface area contributed by atoms with Crippen LogP contribution in [0, 0.1) is 6.92 Å². The number of hydrogen-bond donors (Lipinski definition) is 0. The first-order valence-corrected chi connectivity index (χ1v) is 5.72. The fourth-order valence-corrected chi connectivity index (χ4v) is 1.64. The SMILES string of the molecule is Cc1ccccc1OCN(C)c1ccccc1. The molecule has 0 heterocycles. The van der Waals surface area contributed by atoms with Gasteiger partial charge in [0.1, 0.15) is 5.75 Å². The van der Waals surface area contributed by atoms with E-state index in [1.807, 2.05) is 43.4 Å². The number of ether oxygens (including phenoxy) is 1. The van der Waals surface area contributed by atoms with Crippen LogP contribution >= 0.6 is 0 Å². The van der Waals surface area contributed by atoms with E-state index in [9.17, 15) is 0 Å². The van der Waals surface area contributed by atoms with E-state index >= 15 is 0 Å². The van der Waals surface area contributed by atoms with Crippen LogP contribution in [-0.2, 0) is 0 Å². The molecule has 0 aliphatic heterocycles. The average Bonchev–Trinajstić information content (AvgIpc) is 2.38. The van der Waals surface area contributed by atoms with E-state index in [-0.39, 0.29) is 0 Å². The molecule has 0 aliphatic carbocycles. The molecule has 0 aliphatic rings. The van der Waals surface area contributed by atoms with Crippen molar-refractivity contribution in [2.24, 2.45) is 0 Å². The molecule has 0 saturated carbocycles. The lowest BCUT2D eigenvalue weighted by atomic mass is 10.2. The molecule has 0 amide bonds. The number of benzene rings is 2. The van der Waals surface area contributed by atoms with Crippen LogP contribution in [0.1, 0.15) is 5.56 Å². The van der Waals surface area contributed by atoms with Crippen LogP contribution < -0.4 is 9.64 Å². The molecule has 2 rings (SSSR count). The highest BCUT2D eigenvalue weighted by molar-refractivity contribution is 5.44. The molecule has 0 saturated heterocycles. The zero-order valence-electron chi connectivity index (χ0n) is 10.3. The number of hydrogen-bond acceptors (Lipinski definition) is 2. The Morgan fingerprint density at radius 1 is 0.941 bits per heavy atom. The third kappa shape index (κ3) is 3.00. The smallest absolute Gasteiger partial charge is 0.161 e. The first-order chi connectivity index (χ1) is 8.27. The topological polar surface area (TPSA) is 12.5 Å². The Bertz CT molecular complexity index is 467. The molecular formula is C15H17NO. The summed E-state index contributed by atoms with van der Waals surface area (Å²) in [4.78, 5) is 2.08. The first kappa shape index (κ1) is 11.5. The molecular weight excluding hydrogens is 210 g/mol. The minimum Gasteiger partial charge on any atom is -0.473 e. The lowest BCUT2D eigenvalue weighted by molar-refractivity contribution is 0.319. The summed E-state index contributed by atoms with van der Waals surface area (Å²) in [5.41, 5.74) is 2.31. The van der Waals surface area contributed by atoms with Crippen LogP contribution in [0.25, 0.3) is 0 Å². The van der Waals surface area contributed by atoms with Crippen molar-refractivity contribution in [1.29, 1.82) is 0 Å². The Morgan fingerprint density at radius 3 is 2.29 bits per heavy atom. The molecule has 0 radical (unpaired) electrons. The van der Waals surface area contributed by atoms with Crippen LogP contribution in [0.4, 0.5) is 5.69 Å². The second-order valence-corrected chi connectivity index (χ2v) is 4.07. The van der Waals surface area contributed by atoms with Gasteiger partial charge in [-0.2, -0.15) is 0 Å². The Kier molecular flexibility index (Phi) is 3.66. The molecule has 0 N–H and O–H groups in total. The molecule has 0 fully saturated rings. The first-order valence-electron chi connectivity index (χ1n) is 5.72. The fourth-order valence-electron chi connectivity index (χ4n) is 1.64. The summed E-state index contributed by atoms with van der Waals surface area (Å²) in [6, 6.07) is 18.3. The fraction of sp³-hybridized carbons (Fsp3) is 0.200. The van der Waals surface area contributed by atoms with Crippen molar-refractivity contribution < 1.29 is 4.74 Å². The van der Waals surface area contributed by atoms with Gasteiger partial charge < -0.3 is 9.64 Å². The van der Waals surface area contributed by atoms with Crippen LogP contribution in [0.15, 0.2) is 54.6 Å². The monoisotopic (exact) mass is 227 g/mol. The van der Waals surface area contributed by atoms with Gasteiger partial charge in [0.2, 0.25) is 0 Å². The maximum absolute atomic E-state index is 5.78. The van der Waals surface area contributed by atoms with Crippen molar-refractivity contribution in [2.45, 2.75) is 6.92 Å². The molecule has 2 aromatic carbocycles. The van der Waals surface area contributed by atoms with Gasteiger partial charge in [0.15, 0.2) is 6.73 Å². The molecule has 2 nitrogen and oxygen atoms in total. The number of nitrogens with zero attached hydrogens (tertiary/aromatic N) is 1. The zero-order valence-corrected chi connectivity index (χ0v) is 10.3. The van der Waals surface area contributed by atoms with Gasteiger partial charge in [0.05, 0.1) is 0 Å². The highest BCUT2D eigenvalue weighted by atomic mass is 16.5. The van der Waals surface area contributed by atoms with E-state index in [2.05, 4.69) is 30.0 Å². The summed E-state index contributed by atoms with van der Waals surface area (Å²) in [6.07, 6.45) is 0. The summed E-state index contributed by atoms with van der Waals surface area (Å²) >= 11 is 0. The van der Waals surface area contributed by atoms with E-state index in [1.165, 1.54) is 0 Å². The van der Waals surface area contributed by atoms with Crippen molar-refractivity contribution >= 4 is 5.69 Å². The molecule has 2 aromatic rings. The molecule has 17 heavy (non-hydrogen) atoms. The lowest BCUT2D eigenvalue weighted by Gasteiger charge is -2.20. The number of para-hydroxylation sites is 2. The second-order valence-electron chi connectivity index (χ2n) is 4.07. The summed E-state index contributed by atoms with van der Waals surface area (Å²) in [5, 5.41) is 0. The molecule has 0 unspecified atom stereocenters. The normalized spacial score (nSPS) is 10.0. The van der Waals surface area contributed by atoms with Crippen molar-refractivity contribution in [1.82, 2.24) is 0 Å². The van der Waals surface area contributed by atoms with Gasteiger partial charge in [-0.1, -0.05) is 36.4 Å². The zero-order chi connectivity index (χ0) is 12.1. The van der Waals surface area contributed by atoms with E-state index in [0.717, 1.165) is 17.0 Å². The third-order valence-corrected chi connectivity index (χ3v) is 2.70. The Balaban J connectivity index is 1.97. The van der Waals surface area contributed by atoms with Crippen LogP contribution in [0.2, 0.25) is 0 Å². The van der Waals surface area contributed by atoms with Gasteiger partial charge in [0, 0.05) is 12.7 Å². The van der Waals surface area contributed by atoms with E-state index in [0.29, 0.717) is 6.73 Å². The molecule has 2 heteroatoms. The third-order valence-electron chi connectivity index (χ3n) is 2.70. The molecule has 0 bridgehead atoms. The van der Waals surface area contributed by atoms with Gasteiger partial charge in [-0.3, -0.25) is 0 Å². The summed E-state index contributed by atoms with van der Waals surface area (Å²) in [5.74, 6) is 0.940. The van der Waals surface area contributed by atoms with Gasteiger partial charge in [-0.15, -0.1) is 0 Å². The van der Waals surface area contributed by atoms with Gasteiger partial charge in [0.25, 0.3) is 0 Å². The van der Waals surface area contributed by atoms with Gasteiger partial charge in [-0.25, -0.2) is 0 Å². The highest BCUT2D eigenvalue weighted by Gasteiger charge is 2.02. The van der Waals surface area contributed by atoms with Crippen molar-refractivity contribution in [3.8, 4) is 5.75 Å². The quantitative estimate of drug-likeness (QED) is 0.742. The Labute approximate surface area is 102 Å². The predicted octanol–water partition coefficient (Wildman–Crippen LogP) is 3.47. The molecule has 0 spiro atoms. The van der Waals surface area contributed by atoms with Gasteiger partial charge in [-0.05, 0) is 30.7 Å². The van der Waals surface area contributed by atoms with E-state index in [1.54, 1.807) is 0 Å².